The maximum atomic E-state index is 13.2. The number of aliphatic hydroxyl groups excluding tert-OH is 5. The summed E-state index contributed by atoms with van der Waals surface area (Å²) >= 11 is 7.55. The molecule has 13 nitrogen and oxygen atoms in total. The Morgan fingerprint density at radius 2 is 1.81 bits per heavy atom. The van der Waals surface area contributed by atoms with Gasteiger partial charge >= 0.3 is 0 Å². The van der Waals surface area contributed by atoms with Crippen molar-refractivity contribution in [3.8, 4) is 0 Å². The van der Waals surface area contributed by atoms with Crippen LogP contribution in [0.25, 0.3) is 0 Å². The predicted molar refractivity (Wildman–Crippen MR) is 215 cm³/mol. The highest BCUT2D eigenvalue weighted by atomic mass is 35.5. The van der Waals surface area contributed by atoms with Crippen molar-refractivity contribution >= 4 is 40.8 Å². The number of hydrogen-bond donors (Lipinski definition) is 6. The highest BCUT2D eigenvalue weighted by Crippen LogP contribution is 2.70. The van der Waals surface area contributed by atoms with Gasteiger partial charge in [-0.15, -0.1) is 23.4 Å². The van der Waals surface area contributed by atoms with E-state index >= 15 is 0 Å². The van der Waals surface area contributed by atoms with E-state index in [0.29, 0.717) is 18.8 Å². The zero-order chi connectivity index (χ0) is 42.0. The van der Waals surface area contributed by atoms with Crippen molar-refractivity contribution in [3.63, 3.8) is 0 Å². The van der Waals surface area contributed by atoms with Crippen LogP contribution in [0.2, 0.25) is 0 Å². The van der Waals surface area contributed by atoms with Gasteiger partial charge in [-0.05, 0) is 103 Å². The van der Waals surface area contributed by atoms with Crippen LogP contribution in [-0.4, -0.2) is 145 Å². The van der Waals surface area contributed by atoms with E-state index in [0.717, 1.165) is 44.2 Å². The maximum Gasteiger partial charge on any atom is 0.237 e. The molecule has 4 aliphatic carbocycles. The molecule has 15 heteroatoms. The Labute approximate surface area is 346 Å². The molecule has 3 heterocycles. The number of allylic oxidation sites excluding steroid dienone is 4. The number of likely N-dealkylation sites (tertiary alicyclic amines) is 1. The van der Waals surface area contributed by atoms with Gasteiger partial charge in [0, 0.05) is 23.3 Å². The molecule has 0 aromatic rings. The van der Waals surface area contributed by atoms with Crippen LogP contribution in [0.15, 0.2) is 23.8 Å². The number of thioether (sulfide) groups is 1. The number of amides is 1. The van der Waals surface area contributed by atoms with Gasteiger partial charge in [0.25, 0.3) is 0 Å². The van der Waals surface area contributed by atoms with Gasteiger partial charge < -0.3 is 45.1 Å². The minimum absolute atomic E-state index is 0.0167. The maximum absolute atomic E-state index is 13.2. The lowest BCUT2D eigenvalue weighted by Gasteiger charge is -2.59. The van der Waals surface area contributed by atoms with Crippen molar-refractivity contribution in [2.75, 3.05) is 26.5 Å². The highest BCUT2D eigenvalue weighted by molar-refractivity contribution is 7.99. The van der Waals surface area contributed by atoms with E-state index in [4.69, 9.17) is 25.8 Å². The largest absolute Gasteiger partial charge is 0.393 e. The summed E-state index contributed by atoms with van der Waals surface area (Å²) in [5.74, 6) is -0.597. The van der Waals surface area contributed by atoms with Gasteiger partial charge in [0.15, 0.2) is 23.0 Å². The molecular formula is C42H65ClN2O11S. The quantitative estimate of drug-likeness (QED) is 0.186. The third kappa shape index (κ3) is 7.74. The third-order valence-corrected chi connectivity index (χ3v) is 15.8. The number of halogens is 1. The molecule has 3 saturated heterocycles. The van der Waals surface area contributed by atoms with Crippen LogP contribution in [0.1, 0.15) is 86.5 Å². The molecule has 6 fully saturated rings. The number of ketones is 2. The van der Waals surface area contributed by atoms with Crippen LogP contribution in [0.4, 0.5) is 0 Å². The molecule has 7 aliphatic rings. The first-order chi connectivity index (χ1) is 26.7. The summed E-state index contributed by atoms with van der Waals surface area (Å²) in [4.78, 5) is 40.1. The Morgan fingerprint density at radius 1 is 1.11 bits per heavy atom. The number of likely N-dealkylation sites (N-methyl/N-ethyl adjacent to an activating group) is 1. The Kier molecular flexibility index (Phi) is 13.3. The molecule has 322 valence electrons. The summed E-state index contributed by atoms with van der Waals surface area (Å²) in [6.07, 6.45) is 6.94. The van der Waals surface area contributed by atoms with Crippen molar-refractivity contribution < 1.29 is 54.1 Å². The SMILES string of the molecule is CC1(C)O[C@@H]2C[C@H]3[C@@H]4CCC5=CC(=O)C=C[C@]5(C)[C@H]4[C@@H](O)C[C@]3(C)[C@]2(C(=O)CO)O1.CCC[C@@H]1C[C@@H](C(=O)N[C@@H]([C@H]2O[C@H](SC)[C@H](O)[C@@H](O)[C@H]2O)[C@H](C)Cl)N(C)C1. The molecule has 17 atom stereocenters. The van der Waals surface area contributed by atoms with Gasteiger partial charge in [0.2, 0.25) is 5.91 Å². The first kappa shape index (κ1) is 45.1. The summed E-state index contributed by atoms with van der Waals surface area (Å²) in [5, 5.41) is 54.3. The first-order valence-corrected chi connectivity index (χ1v) is 22.4. The van der Waals surface area contributed by atoms with E-state index in [9.17, 15) is 39.9 Å². The molecule has 57 heavy (non-hydrogen) atoms. The number of nitrogens with zero attached hydrogens (tertiary/aromatic N) is 1. The number of rotatable bonds is 9. The number of fused-ring (bicyclic) bond motifs is 7. The summed E-state index contributed by atoms with van der Waals surface area (Å²) in [5.41, 5.74) is -1.82. The van der Waals surface area contributed by atoms with Crippen molar-refractivity contribution in [1.82, 2.24) is 10.2 Å². The topological polar surface area (TPSA) is 195 Å². The average molecular weight is 842 g/mol. The molecule has 0 unspecified atom stereocenters. The molecule has 1 amide bonds. The molecule has 0 bridgehead atoms. The number of ether oxygens (including phenoxy) is 3. The molecule has 0 radical (unpaired) electrons. The van der Waals surface area contributed by atoms with Gasteiger partial charge in [-0.3, -0.25) is 19.3 Å². The number of hydrogen-bond acceptors (Lipinski definition) is 13. The molecule has 0 aromatic heterocycles. The van der Waals surface area contributed by atoms with Crippen LogP contribution in [0.5, 0.6) is 0 Å². The summed E-state index contributed by atoms with van der Waals surface area (Å²) in [6, 6.07) is -0.934. The standard InChI is InChI=1S/C24H32O6.C18H33ClN2O5S/c1-21(2)29-19-10-16-15-6-5-13-9-14(26)7-8-22(13,3)20(15)17(27)11-23(16,4)24(19,30-21)18(28)12-25;1-5-6-10-7-11(21(3)8-10)17(25)20-12(9(2)19)16-14(23)13(22)15(24)18(26-16)27-4/h7-9,15-17,19-20,25,27H,5-6,10-12H2,1-4H3;9-16,18,22-24H,5-8H2,1-4H3,(H,20,25)/t15-,16-,17-,19+,20+,22-,23-,24+;9-,10+,11-,12+,13-,14+,15+,16+,18+/m00/s1. The molecule has 0 aromatic carbocycles. The lowest BCUT2D eigenvalue weighted by molar-refractivity contribution is -0.225. The van der Waals surface area contributed by atoms with Crippen molar-refractivity contribution in [2.24, 2.45) is 34.5 Å². The zero-order valence-electron chi connectivity index (χ0n) is 34.6. The fourth-order valence-electron chi connectivity index (χ4n) is 12.2. The Bertz CT molecular complexity index is 1590. The van der Waals surface area contributed by atoms with Crippen molar-refractivity contribution in [2.45, 2.75) is 157 Å². The highest BCUT2D eigenvalue weighted by Gasteiger charge is 2.76. The molecule has 3 aliphatic heterocycles. The van der Waals surface area contributed by atoms with Crippen LogP contribution in [-0.2, 0) is 28.6 Å². The summed E-state index contributed by atoms with van der Waals surface area (Å²) in [6.45, 7) is 11.9. The second-order valence-corrected chi connectivity index (χ2v) is 20.2. The second-order valence-electron chi connectivity index (χ2n) is 18.6. The lowest BCUT2D eigenvalue weighted by Crippen LogP contribution is -2.65. The minimum atomic E-state index is -1.36. The number of carbonyl (C=O) groups is 3. The molecule has 3 saturated carbocycles. The molecule has 0 spiro atoms. The minimum Gasteiger partial charge on any atom is -0.393 e. The number of nitrogens with one attached hydrogen (secondary N) is 1. The van der Waals surface area contributed by atoms with Gasteiger partial charge in [0.05, 0.1) is 29.7 Å². The van der Waals surface area contributed by atoms with Crippen LogP contribution < -0.4 is 5.32 Å². The zero-order valence-corrected chi connectivity index (χ0v) is 36.2. The number of aliphatic hydroxyl groups is 5. The van der Waals surface area contributed by atoms with Gasteiger partial charge in [-0.2, -0.15) is 0 Å². The monoisotopic (exact) mass is 840 g/mol. The van der Waals surface area contributed by atoms with E-state index in [2.05, 4.69) is 19.2 Å². The molecule has 7 rings (SSSR count). The molecule has 6 N–H and O–H groups in total. The van der Waals surface area contributed by atoms with Crippen molar-refractivity contribution in [1.29, 1.82) is 0 Å². The second kappa shape index (κ2) is 16.8. The fraction of sp³-hybridized carbons (Fsp3) is 0.833. The normalized spacial score (nSPS) is 45.7. The van der Waals surface area contributed by atoms with Gasteiger partial charge in [-0.1, -0.05) is 38.8 Å². The van der Waals surface area contributed by atoms with Crippen LogP contribution >= 0.6 is 23.4 Å². The molecular weight excluding hydrogens is 776 g/mol. The lowest BCUT2D eigenvalue weighted by atomic mass is 9.46. The fourth-order valence-corrected chi connectivity index (χ4v) is 13.0. The smallest absolute Gasteiger partial charge is 0.237 e. The first-order valence-electron chi connectivity index (χ1n) is 20.7. The third-order valence-electron chi connectivity index (χ3n) is 14.7. The summed E-state index contributed by atoms with van der Waals surface area (Å²) in [7, 11) is 1.94. The van der Waals surface area contributed by atoms with E-state index in [-0.39, 0.29) is 46.7 Å². The van der Waals surface area contributed by atoms with E-state index in [1.807, 2.05) is 24.9 Å². The van der Waals surface area contributed by atoms with E-state index < -0.39 is 76.9 Å². The number of carbonyl (C=O) groups excluding carboxylic acids is 3. The predicted octanol–water partition coefficient (Wildman–Crippen LogP) is 2.72. The Hall–Kier alpha value is -1.43. The number of Topliss-reactive ketones (excluding diaryl/α,β-unsaturated/α-hetero) is 1. The van der Waals surface area contributed by atoms with E-state index in [1.54, 1.807) is 39.2 Å². The van der Waals surface area contributed by atoms with Gasteiger partial charge in [-0.25, -0.2) is 0 Å². The van der Waals surface area contributed by atoms with Crippen molar-refractivity contribution in [3.05, 3.63) is 23.8 Å². The van der Waals surface area contributed by atoms with Crippen LogP contribution in [0, 0.1) is 34.5 Å². The van der Waals surface area contributed by atoms with Crippen LogP contribution in [0.3, 0.4) is 0 Å². The Balaban J connectivity index is 0.000000194. The Morgan fingerprint density at radius 3 is 2.44 bits per heavy atom. The number of alkyl halides is 1. The summed E-state index contributed by atoms with van der Waals surface area (Å²) < 4.78 is 18.4. The van der Waals surface area contributed by atoms with Gasteiger partial charge in [0.1, 0.15) is 36.5 Å². The average Bonchev–Trinajstić information content (AvgIpc) is 3.74. The van der Waals surface area contributed by atoms with E-state index in [1.165, 1.54) is 11.8 Å².